The Morgan fingerprint density at radius 1 is 1.52 bits per heavy atom. The van der Waals surface area contributed by atoms with E-state index in [9.17, 15) is 27.5 Å². The van der Waals surface area contributed by atoms with E-state index in [1.807, 2.05) is 0 Å². The zero-order chi connectivity index (χ0) is 16.2. The van der Waals surface area contributed by atoms with Gasteiger partial charge in [-0.25, -0.2) is 4.98 Å². The standard InChI is InChI=1S/C11H14F3N3O3S/c1-7(21(2)20)3-4-15-8-5-10(11(12,13)14)16-6-9(8)17(18)19/h5-7H,3-4H2,1-2H3,(H,15,16). The summed E-state index contributed by atoms with van der Waals surface area (Å²) in [7, 11) is -1.07. The normalized spacial score (nSPS) is 14.5. The first kappa shape index (κ1) is 17.3. The van der Waals surface area contributed by atoms with Crippen LogP contribution in [-0.2, 0) is 17.0 Å². The molecule has 2 atom stereocenters. The molecule has 1 aromatic heterocycles. The van der Waals surface area contributed by atoms with Crippen LogP contribution in [0.3, 0.4) is 0 Å². The Morgan fingerprint density at radius 2 is 2.14 bits per heavy atom. The van der Waals surface area contributed by atoms with Crippen LogP contribution >= 0.6 is 0 Å². The molecule has 0 aliphatic carbocycles. The Hall–Kier alpha value is -1.71. The van der Waals surface area contributed by atoms with E-state index in [4.69, 9.17) is 0 Å². The maximum Gasteiger partial charge on any atom is 0.433 e. The van der Waals surface area contributed by atoms with E-state index in [0.29, 0.717) is 18.7 Å². The average molecular weight is 325 g/mol. The van der Waals surface area contributed by atoms with Crippen molar-refractivity contribution in [3.8, 4) is 0 Å². The van der Waals surface area contributed by atoms with Crippen molar-refractivity contribution >= 4 is 22.2 Å². The van der Waals surface area contributed by atoms with E-state index in [1.54, 1.807) is 6.92 Å². The molecule has 0 aromatic carbocycles. The van der Waals surface area contributed by atoms with E-state index >= 15 is 0 Å². The molecular formula is C11H14F3N3O3S. The highest BCUT2D eigenvalue weighted by Gasteiger charge is 2.34. The average Bonchev–Trinajstić information content (AvgIpc) is 2.36. The van der Waals surface area contributed by atoms with Gasteiger partial charge in [-0.05, 0) is 12.5 Å². The fraction of sp³-hybridized carbons (Fsp3) is 0.545. The predicted molar refractivity (Wildman–Crippen MR) is 72.5 cm³/mol. The van der Waals surface area contributed by atoms with Crippen molar-refractivity contribution in [1.29, 1.82) is 0 Å². The van der Waals surface area contributed by atoms with Gasteiger partial charge in [0.1, 0.15) is 17.6 Å². The van der Waals surface area contributed by atoms with Crippen LogP contribution in [0.4, 0.5) is 24.5 Å². The summed E-state index contributed by atoms with van der Waals surface area (Å²) in [5, 5.41) is 13.2. The highest BCUT2D eigenvalue weighted by molar-refractivity contribution is 7.84. The minimum atomic E-state index is -4.68. The van der Waals surface area contributed by atoms with E-state index < -0.39 is 33.3 Å². The molecule has 118 valence electrons. The van der Waals surface area contributed by atoms with Gasteiger partial charge in [-0.1, -0.05) is 6.92 Å². The monoisotopic (exact) mass is 325 g/mol. The number of pyridine rings is 1. The molecule has 0 saturated carbocycles. The fourth-order valence-corrected chi connectivity index (χ4v) is 1.92. The van der Waals surface area contributed by atoms with Crippen molar-refractivity contribution in [2.45, 2.75) is 24.8 Å². The third-order valence-corrected chi connectivity index (χ3v) is 4.17. The Labute approximate surface area is 121 Å². The summed E-state index contributed by atoms with van der Waals surface area (Å²) in [6, 6.07) is 0.603. The second-order valence-corrected chi connectivity index (χ2v) is 6.17. The largest absolute Gasteiger partial charge is 0.433 e. The number of nitro groups is 1. The van der Waals surface area contributed by atoms with E-state index in [-0.39, 0.29) is 17.5 Å². The number of anilines is 1. The quantitative estimate of drug-likeness (QED) is 0.642. The second kappa shape index (κ2) is 6.83. The molecule has 0 aliphatic heterocycles. The van der Waals surface area contributed by atoms with E-state index in [0.717, 1.165) is 0 Å². The molecule has 2 unspecified atom stereocenters. The lowest BCUT2D eigenvalue weighted by Gasteiger charge is -2.12. The highest BCUT2D eigenvalue weighted by atomic mass is 32.2. The molecular weight excluding hydrogens is 311 g/mol. The summed E-state index contributed by atoms with van der Waals surface area (Å²) in [4.78, 5) is 13.0. The lowest BCUT2D eigenvalue weighted by Crippen LogP contribution is -2.16. The molecule has 1 heterocycles. The Morgan fingerprint density at radius 3 is 2.62 bits per heavy atom. The van der Waals surface area contributed by atoms with Crippen LogP contribution in [0.1, 0.15) is 19.0 Å². The van der Waals surface area contributed by atoms with Crippen LogP contribution in [0, 0.1) is 10.1 Å². The lowest BCUT2D eigenvalue weighted by molar-refractivity contribution is -0.384. The van der Waals surface area contributed by atoms with Gasteiger partial charge in [0, 0.05) is 28.9 Å². The van der Waals surface area contributed by atoms with Crippen molar-refractivity contribution in [3.05, 3.63) is 28.1 Å². The predicted octanol–water partition coefficient (Wildman–Crippen LogP) is 2.58. The first-order chi connectivity index (χ1) is 9.62. The maximum absolute atomic E-state index is 12.6. The van der Waals surface area contributed by atoms with Gasteiger partial charge in [0.05, 0.1) is 4.92 Å². The molecule has 0 amide bonds. The Balaban J connectivity index is 2.92. The molecule has 21 heavy (non-hydrogen) atoms. The topological polar surface area (TPSA) is 85.1 Å². The van der Waals surface area contributed by atoms with Gasteiger partial charge < -0.3 is 5.32 Å². The number of aromatic nitrogens is 1. The minimum Gasteiger partial charge on any atom is -0.379 e. The van der Waals surface area contributed by atoms with Crippen LogP contribution in [0.2, 0.25) is 0 Å². The summed E-state index contributed by atoms with van der Waals surface area (Å²) in [6.45, 7) is 1.89. The molecule has 0 radical (unpaired) electrons. The maximum atomic E-state index is 12.6. The van der Waals surface area contributed by atoms with Gasteiger partial charge >= 0.3 is 11.9 Å². The van der Waals surface area contributed by atoms with Gasteiger partial charge in [0.15, 0.2) is 0 Å². The molecule has 0 aliphatic rings. The number of hydrogen-bond donors (Lipinski definition) is 1. The van der Waals surface area contributed by atoms with Crippen LogP contribution in [-0.4, -0.2) is 32.2 Å². The summed E-state index contributed by atoms with van der Waals surface area (Å²) in [6.07, 6.45) is -2.18. The van der Waals surface area contributed by atoms with E-state index in [1.165, 1.54) is 6.26 Å². The third kappa shape index (κ3) is 4.96. The van der Waals surface area contributed by atoms with E-state index in [2.05, 4.69) is 10.3 Å². The molecule has 1 rings (SSSR count). The van der Waals surface area contributed by atoms with Crippen LogP contribution in [0.15, 0.2) is 12.3 Å². The molecule has 6 nitrogen and oxygen atoms in total. The zero-order valence-electron chi connectivity index (χ0n) is 11.3. The van der Waals surface area contributed by atoms with Crippen molar-refractivity contribution < 1.29 is 22.3 Å². The van der Waals surface area contributed by atoms with Gasteiger partial charge in [0.2, 0.25) is 0 Å². The van der Waals surface area contributed by atoms with Gasteiger partial charge in [-0.15, -0.1) is 0 Å². The van der Waals surface area contributed by atoms with Crippen LogP contribution in [0.5, 0.6) is 0 Å². The van der Waals surface area contributed by atoms with Gasteiger partial charge in [-0.3, -0.25) is 14.3 Å². The third-order valence-electron chi connectivity index (χ3n) is 2.80. The minimum absolute atomic E-state index is 0.166. The molecule has 10 heteroatoms. The number of hydrogen-bond acceptors (Lipinski definition) is 5. The number of rotatable bonds is 6. The lowest BCUT2D eigenvalue weighted by atomic mass is 10.2. The molecule has 1 N–H and O–H groups in total. The van der Waals surface area contributed by atoms with Crippen molar-refractivity contribution in [2.75, 3.05) is 18.1 Å². The fourth-order valence-electron chi connectivity index (χ4n) is 1.47. The number of halogens is 3. The van der Waals surface area contributed by atoms with Crippen molar-refractivity contribution in [3.63, 3.8) is 0 Å². The zero-order valence-corrected chi connectivity index (χ0v) is 12.1. The highest BCUT2D eigenvalue weighted by Crippen LogP contribution is 2.32. The number of alkyl halides is 3. The summed E-state index contributed by atoms with van der Waals surface area (Å²) in [5.74, 6) is 0. The van der Waals surface area contributed by atoms with Gasteiger partial charge in [-0.2, -0.15) is 13.2 Å². The summed E-state index contributed by atoms with van der Waals surface area (Å²) < 4.78 is 48.8. The number of nitrogens with one attached hydrogen (secondary N) is 1. The van der Waals surface area contributed by atoms with Crippen LogP contribution in [0.25, 0.3) is 0 Å². The SMILES string of the molecule is CC(CCNc1cc(C(F)(F)F)ncc1[N+](=O)[O-])S(C)=O. The smallest absolute Gasteiger partial charge is 0.379 e. The number of nitrogens with zero attached hydrogens (tertiary/aromatic N) is 2. The molecule has 0 fully saturated rings. The molecule has 0 bridgehead atoms. The Bertz CT molecular complexity index is 551. The van der Waals surface area contributed by atoms with Gasteiger partial charge in [0.25, 0.3) is 0 Å². The summed E-state index contributed by atoms with van der Waals surface area (Å²) >= 11 is 0. The van der Waals surface area contributed by atoms with Crippen molar-refractivity contribution in [2.24, 2.45) is 0 Å². The molecule has 1 aromatic rings. The first-order valence-corrected chi connectivity index (χ1v) is 7.52. The first-order valence-electron chi connectivity index (χ1n) is 5.90. The summed E-state index contributed by atoms with van der Waals surface area (Å²) in [5.41, 5.74) is -1.99. The second-order valence-electron chi connectivity index (χ2n) is 4.37. The molecule has 0 saturated heterocycles. The van der Waals surface area contributed by atoms with Crippen molar-refractivity contribution in [1.82, 2.24) is 4.98 Å². The molecule has 0 spiro atoms. The van der Waals surface area contributed by atoms with Crippen LogP contribution < -0.4 is 5.32 Å². The Kier molecular flexibility index (Phi) is 5.64.